The van der Waals surface area contributed by atoms with Crippen LogP contribution in [-0.2, 0) is 6.42 Å². The predicted octanol–water partition coefficient (Wildman–Crippen LogP) is 3.65. The molecule has 30 heavy (non-hydrogen) atoms. The molecule has 3 heterocycles. The number of piperazine rings is 1. The Morgan fingerprint density at radius 3 is 2.73 bits per heavy atom. The van der Waals surface area contributed by atoms with Crippen LogP contribution in [0.4, 0.5) is 11.5 Å². The predicted molar refractivity (Wildman–Crippen MR) is 124 cm³/mol. The first-order chi connectivity index (χ1) is 14.6. The van der Waals surface area contributed by atoms with Crippen molar-refractivity contribution in [2.45, 2.75) is 25.3 Å². The largest absolute Gasteiger partial charge is 0.496 e. The van der Waals surface area contributed by atoms with Crippen LogP contribution in [0.3, 0.4) is 0 Å². The van der Waals surface area contributed by atoms with Crippen LogP contribution < -0.4 is 15.0 Å². The summed E-state index contributed by atoms with van der Waals surface area (Å²) in [6, 6.07) is 7.02. The third kappa shape index (κ3) is 3.98. The number of methoxy groups -OCH3 is 1. The molecule has 0 atom stereocenters. The average Bonchev–Trinajstić information content (AvgIpc) is 3.50. The van der Waals surface area contributed by atoms with Gasteiger partial charge in [-0.05, 0) is 41.9 Å². The van der Waals surface area contributed by atoms with E-state index in [0.717, 1.165) is 64.6 Å². The molecule has 158 valence electrons. The minimum Gasteiger partial charge on any atom is -0.496 e. The number of hydrogen-bond acceptors (Lipinski definition) is 6. The molecule has 3 aromatic rings. The van der Waals surface area contributed by atoms with Gasteiger partial charge in [-0.2, -0.15) is 0 Å². The molecule has 1 aliphatic carbocycles. The van der Waals surface area contributed by atoms with Gasteiger partial charge in [0.1, 0.15) is 22.6 Å². The maximum absolute atomic E-state index is 5.75. The Balaban J connectivity index is 1.43. The molecule has 2 aliphatic rings. The van der Waals surface area contributed by atoms with Crippen LogP contribution in [0.15, 0.2) is 28.9 Å². The summed E-state index contributed by atoms with van der Waals surface area (Å²) in [5, 5.41) is 3.54. The lowest BCUT2D eigenvalue weighted by Crippen LogP contribution is -2.44. The Bertz CT molecular complexity index is 1060. The van der Waals surface area contributed by atoms with Crippen LogP contribution in [0, 0.1) is 0 Å². The number of H-pyrrole nitrogens is 1. The minimum atomic E-state index is 0.524. The molecule has 5 rings (SSSR count). The lowest BCUT2D eigenvalue weighted by atomic mass is 10.1. The van der Waals surface area contributed by atoms with Gasteiger partial charge in [0, 0.05) is 62.2 Å². The summed E-state index contributed by atoms with van der Waals surface area (Å²) in [6.07, 6.45) is 4.94. The first kappa shape index (κ1) is 19.6. The summed E-state index contributed by atoms with van der Waals surface area (Å²) in [7, 11) is 3.91. The number of halogens is 1. The summed E-state index contributed by atoms with van der Waals surface area (Å²) < 4.78 is 6.70. The van der Waals surface area contributed by atoms with Gasteiger partial charge in [-0.15, -0.1) is 0 Å². The zero-order valence-corrected chi connectivity index (χ0v) is 19.0. The van der Waals surface area contributed by atoms with Crippen molar-refractivity contribution in [1.29, 1.82) is 0 Å². The highest BCUT2D eigenvalue weighted by Gasteiger charge is 2.24. The number of benzene rings is 1. The Morgan fingerprint density at radius 1 is 1.20 bits per heavy atom. The van der Waals surface area contributed by atoms with Crippen molar-refractivity contribution in [3.05, 3.63) is 40.3 Å². The van der Waals surface area contributed by atoms with Gasteiger partial charge in [0.25, 0.3) is 0 Å². The highest BCUT2D eigenvalue weighted by molar-refractivity contribution is 9.10. The fraction of sp³-hybridized carbons (Fsp3) is 0.455. The van der Waals surface area contributed by atoms with E-state index in [1.807, 2.05) is 6.20 Å². The summed E-state index contributed by atoms with van der Waals surface area (Å²) in [5.74, 6) is 2.56. The third-order valence-electron chi connectivity index (χ3n) is 5.93. The molecule has 0 amide bonds. The molecule has 1 aromatic carbocycles. The normalized spacial score (nSPS) is 17.5. The zero-order chi connectivity index (χ0) is 20.7. The topological polar surface area (TPSA) is 69.3 Å². The van der Waals surface area contributed by atoms with E-state index in [9.17, 15) is 0 Å². The Hall–Kier alpha value is -2.32. The number of nitrogens with zero attached hydrogens (tertiary/aromatic N) is 4. The van der Waals surface area contributed by atoms with Crippen molar-refractivity contribution in [3.8, 4) is 5.75 Å². The van der Waals surface area contributed by atoms with Gasteiger partial charge in [-0.1, -0.05) is 6.07 Å². The molecule has 0 unspecified atom stereocenters. The first-order valence-corrected chi connectivity index (χ1v) is 11.3. The average molecular weight is 471 g/mol. The Morgan fingerprint density at radius 2 is 2.00 bits per heavy atom. The zero-order valence-electron chi connectivity index (χ0n) is 17.4. The SMILES string of the molecule is COc1cc(N2CCN(C)CC2)ccc1Cc1nc(NC2CC2)c2[nH]cc(Br)c2n1. The number of aromatic amines is 1. The Kier molecular flexibility index (Phi) is 5.28. The van der Waals surface area contributed by atoms with Crippen LogP contribution in [0.1, 0.15) is 24.2 Å². The minimum absolute atomic E-state index is 0.524. The standard InChI is InChI=1S/C22H27BrN6O/c1-28-7-9-29(10-8-28)16-6-3-14(18(12-16)30-2)11-19-26-20-17(23)13-24-21(20)22(27-19)25-15-4-5-15/h3,6,12-13,15,24H,4-5,7-11H2,1-2H3,(H,25,26,27). The van der Waals surface area contributed by atoms with Crippen LogP contribution in [0.2, 0.25) is 0 Å². The van der Waals surface area contributed by atoms with Crippen molar-refractivity contribution < 1.29 is 4.74 Å². The van der Waals surface area contributed by atoms with Gasteiger partial charge >= 0.3 is 0 Å². The highest BCUT2D eigenvalue weighted by Crippen LogP contribution is 2.32. The van der Waals surface area contributed by atoms with Crippen molar-refractivity contribution in [3.63, 3.8) is 0 Å². The number of rotatable bonds is 6. The monoisotopic (exact) mass is 470 g/mol. The summed E-state index contributed by atoms with van der Waals surface area (Å²) >= 11 is 3.61. The Labute approximate surface area is 185 Å². The van der Waals surface area contributed by atoms with E-state index < -0.39 is 0 Å². The van der Waals surface area contributed by atoms with Crippen molar-refractivity contribution in [2.24, 2.45) is 0 Å². The van der Waals surface area contributed by atoms with E-state index in [0.29, 0.717) is 12.5 Å². The van der Waals surface area contributed by atoms with E-state index in [1.54, 1.807) is 7.11 Å². The molecule has 2 aromatic heterocycles. The lowest BCUT2D eigenvalue weighted by molar-refractivity contribution is 0.312. The maximum atomic E-state index is 5.75. The quantitative estimate of drug-likeness (QED) is 0.572. The van der Waals surface area contributed by atoms with Gasteiger partial charge in [-0.25, -0.2) is 9.97 Å². The number of ether oxygens (including phenoxy) is 1. The van der Waals surface area contributed by atoms with Crippen LogP contribution in [-0.4, -0.2) is 66.2 Å². The fourth-order valence-electron chi connectivity index (χ4n) is 3.94. The number of nitrogens with one attached hydrogen (secondary N) is 2. The number of anilines is 2. The van der Waals surface area contributed by atoms with Crippen molar-refractivity contribution in [1.82, 2.24) is 19.9 Å². The van der Waals surface area contributed by atoms with E-state index in [4.69, 9.17) is 14.7 Å². The molecule has 1 aliphatic heterocycles. The van der Waals surface area contributed by atoms with Gasteiger partial charge < -0.3 is 24.8 Å². The van der Waals surface area contributed by atoms with E-state index in [-0.39, 0.29) is 0 Å². The maximum Gasteiger partial charge on any atom is 0.154 e. The molecule has 7 nitrogen and oxygen atoms in total. The second kappa shape index (κ2) is 8.07. The smallest absolute Gasteiger partial charge is 0.154 e. The van der Waals surface area contributed by atoms with E-state index in [1.165, 1.54) is 18.5 Å². The molecular formula is C22H27BrN6O. The van der Waals surface area contributed by atoms with Gasteiger partial charge in [0.2, 0.25) is 0 Å². The van der Waals surface area contributed by atoms with E-state index >= 15 is 0 Å². The number of aromatic nitrogens is 3. The molecular weight excluding hydrogens is 444 g/mol. The van der Waals surface area contributed by atoms with Gasteiger partial charge in [0.05, 0.1) is 11.6 Å². The van der Waals surface area contributed by atoms with Crippen molar-refractivity contribution in [2.75, 3.05) is 50.6 Å². The molecule has 2 fully saturated rings. The second-order valence-corrected chi connectivity index (χ2v) is 9.08. The van der Waals surface area contributed by atoms with Crippen LogP contribution in [0.25, 0.3) is 11.0 Å². The second-order valence-electron chi connectivity index (χ2n) is 8.23. The van der Waals surface area contributed by atoms with E-state index in [2.05, 4.69) is 61.3 Å². The number of likely N-dealkylation sites (N-methyl/N-ethyl adjacent to an activating group) is 1. The van der Waals surface area contributed by atoms with Crippen LogP contribution in [0.5, 0.6) is 5.75 Å². The highest BCUT2D eigenvalue weighted by atomic mass is 79.9. The number of fused-ring (bicyclic) bond motifs is 1. The van der Waals surface area contributed by atoms with Gasteiger partial charge in [-0.3, -0.25) is 0 Å². The lowest BCUT2D eigenvalue weighted by Gasteiger charge is -2.34. The molecule has 0 spiro atoms. The molecule has 0 bridgehead atoms. The fourth-order valence-corrected chi connectivity index (χ4v) is 4.34. The molecule has 2 N–H and O–H groups in total. The molecule has 1 saturated carbocycles. The summed E-state index contributed by atoms with van der Waals surface area (Å²) in [4.78, 5) is 17.7. The third-order valence-corrected chi connectivity index (χ3v) is 6.54. The summed E-state index contributed by atoms with van der Waals surface area (Å²) in [6.45, 7) is 4.24. The molecule has 1 saturated heterocycles. The molecule has 0 radical (unpaired) electrons. The molecule has 8 heteroatoms. The summed E-state index contributed by atoms with van der Waals surface area (Å²) in [5.41, 5.74) is 4.18. The number of hydrogen-bond donors (Lipinski definition) is 2. The van der Waals surface area contributed by atoms with Crippen molar-refractivity contribution >= 4 is 38.5 Å². The van der Waals surface area contributed by atoms with Gasteiger partial charge in [0.15, 0.2) is 5.82 Å². The van der Waals surface area contributed by atoms with Crippen LogP contribution >= 0.6 is 15.9 Å². The first-order valence-electron chi connectivity index (χ1n) is 10.5.